The van der Waals surface area contributed by atoms with Gasteiger partial charge in [-0.2, -0.15) is 9.57 Å². The molecule has 0 fully saturated rings. The lowest BCUT2D eigenvalue weighted by Gasteiger charge is -2.10. The van der Waals surface area contributed by atoms with Crippen LogP contribution >= 0.6 is 22.9 Å². The van der Waals surface area contributed by atoms with E-state index < -0.39 is 20.6 Å². The summed E-state index contributed by atoms with van der Waals surface area (Å²) in [5.74, 6) is 0. The summed E-state index contributed by atoms with van der Waals surface area (Å²) in [4.78, 5) is 9.76. The van der Waals surface area contributed by atoms with Gasteiger partial charge in [-0.25, -0.2) is 8.42 Å². The van der Waals surface area contributed by atoms with Crippen LogP contribution in [0, 0.1) is 21.4 Å². The second kappa shape index (κ2) is 4.97. The molecular weight excluding hydrogens is 290 g/mol. The van der Waals surface area contributed by atoms with E-state index in [1.165, 1.54) is 7.05 Å². The van der Waals surface area contributed by atoms with E-state index in [2.05, 4.69) is 0 Å². The predicted octanol–water partition coefficient (Wildman–Crippen LogP) is 1.45. The van der Waals surface area contributed by atoms with Gasteiger partial charge in [0, 0.05) is 13.1 Å². The van der Waals surface area contributed by atoms with Gasteiger partial charge in [-0.3, -0.25) is 10.1 Å². The number of sulfonamides is 1. The van der Waals surface area contributed by atoms with Crippen LogP contribution in [0.2, 0.25) is 4.34 Å². The molecule has 0 aromatic carbocycles. The highest BCUT2D eigenvalue weighted by Crippen LogP contribution is 2.37. The van der Waals surface area contributed by atoms with Crippen molar-refractivity contribution in [2.24, 2.45) is 0 Å². The summed E-state index contributed by atoms with van der Waals surface area (Å²) in [5, 5.41) is 18.9. The molecule has 1 rings (SSSR count). The summed E-state index contributed by atoms with van der Waals surface area (Å²) in [6.45, 7) is -0.342. The molecule has 0 bridgehead atoms. The van der Waals surface area contributed by atoms with Gasteiger partial charge in [0.1, 0.15) is 10.8 Å². The highest BCUT2D eigenvalue weighted by atomic mass is 35.5. The van der Waals surface area contributed by atoms with Crippen molar-refractivity contribution in [3.63, 3.8) is 0 Å². The third-order valence-electron chi connectivity index (χ3n) is 1.80. The van der Waals surface area contributed by atoms with Gasteiger partial charge in [-0.05, 0) is 0 Å². The predicted molar refractivity (Wildman–Crippen MR) is 61.4 cm³/mol. The van der Waals surface area contributed by atoms with Gasteiger partial charge in [-0.15, -0.1) is 11.3 Å². The molecular formula is C7H6ClN3O4S2. The maximum absolute atomic E-state index is 11.8. The summed E-state index contributed by atoms with van der Waals surface area (Å²) in [6.07, 6.45) is 0. The number of rotatable bonds is 4. The number of nitrogens with zero attached hydrogens (tertiary/aromatic N) is 3. The maximum Gasteiger partial charge on any atom is 0.300 e. The molecule has 92 valence electrons. The fourth-order valence-corrected chi connectivity index (χ4v) is 3.87. The van der Waals surface area contributed by atoms with Gasteiger partial charge >= 0.3 is 0 Å². The van der Waals surface area contributed by atoms with Crippen LogP contribution in [-0.4, -0.2) is 31.2 Å². The second-order valence-corrected chi connectivity index (χ2v) is 6.83. The smallest absolute Gasteiger partial charge is 0.258 e. The second-order valence-electron chi connectivity index (χ2n) is 2.90. The Hall–Kier alpha value is -1.21. The van der Waals surface area contributed by atoms with Crippen LogP contribution in [0.15, 0.2) is 10.3 Å². The Bertz CT molecular complexity index is 589. The molecule has 0 aliphatic rings. The van der Waals surface area contributed by atoms with Crippen LogP contribution < -0.4 is 0 Å². The normalized spacial score (nSPS) is 11.4. The zero-order valence-corrected chi connectivity index (χ0v) is 10.8. The van der Waals surface area contributed by atoms with Crippen molar-refractivity contribution in [2.45, 2.75) is 4.21 Å². The van der Waals surface area contributed by atoms with Gasteiger partial charge < -0.3 is 0 Å². The van der Waals surface area contributed by atoms with Crippen LogP contribution in [-0.2, 0) is 10.0 Å². The number of hydrogen-bond acceptors (Lipinski definition) is 6. The van der Waals surface area contributed by atoms with Crippen molar-refractivity contribution < 1.29 is 13.3 Å². The SMILES string of the molecule is CN(CC#N)S(=O)(=O)c1cc([N+](=O)[O-])c(Cl)s1. The van der Waals surface area contributed by atoms with E-state index in [1.54, 1.807) is 6.07 Å². The number of thiophene rings is 1. The molecule has 0 N–H and O–H groups in total. The Kier molecular flexibility index (Phi) is 4.05. The minimum absolute atomic E-state index is 0.209. The summed E-state index contributed by atoms with van der Waals surface area (Å²) in [6, 6.07) is 2.56. The van der Waals surface area contributed by atoms with Crippen molar-refractivity contribution in [1.82, 2.24) is 4.31 Å². The van der Waals surface area contributed by atoms with Crippen LogP contribution in [0.1, 0.15) is 0 Å². The van der Waals surface area contributed by atoms with Crippen molar-refractivity contribution in [2.75, 3.05) is 13.6 Å². The molecule has 1 heterocycles. The zero-order valence-electron chi connectivity index (χ0n) is 8.45. The van der Waals surface area contributed by atoms with Gasteiger partial charge in [0.25, 0.3) is 15.7 Å². The van der Waals surface area contributed by atoms with E-state index in [4.69, 9.17) is 16.9 Å². The van der Waals surface area contributed by atoms with Gasteiger partial charge in [-0.1, -0.05) is 11.6 Å². The maximum atomic E-state index is 11.8. The van der Waals surface area contributed by atoms with Gasteiger partial charge in [0.05, 0.1) is 11.0 Å². The molecule has 7 nitrogen and oxygen atoms in total. The topological polar surface area (TPSA) is 104 Å². The largest absolute Gasteiger partial charge is 0.300 e. The fraction of sp³-hybridized carbons (Fsp3) is 0.286. The molecule has 0 amide bonds. The monoisotopic (exact) mass is 295 g/mol. The molecule has 0 atom stereocenters. The Morgan fingerprint density at radius 1 is 1.71 bits per heavy atom. The lowest BCUT2D eigenvalue weighted by molar-refractivity contribution is -0.384. The Morgan fingerprint density at radius 2 is 2.29 bits per heavy atom. The van der Waals surface area contributed by atoms with E-state index in [9.17, 15) is 18.5 Å². The van der Waals surface area contributed by atoms with Crippen LogP contribution in [0.5, 0.6) is 0 Å². The quantitative estimate of drug-likeness (QED) is 0.475. The zero-order chi connectivity index (χ0) is 13.2. The minimum Gasteiger partial charge on any atom is -0.258 e. The molecule has 0 saturated carbocycles. The summed E-state index contributed by atoms with van der Waals surface area (Å²) in [5.41, 5.74) is -0.458. The molecule has 0 saturated heterocycles. The summed E-state index contributed by atoms with van der Waals surface area (Å²) < 4.78 is 24.0. The molecule has 0 radical (unpaired) electrons. The average Bonchev–Trinajstić information content (AvgIpc) is 2.61. The molecule has 17 heavy (non-hydrogen) atoms. The first-order valence-electron chi connectivity index (χ1n) is 4.07. The molecule has 10 heteroatoms. The van der Waals surface area contributed by atoms with E-state index in [0.29, 0.717) is 11.3 Å². The van der Waals surface area contributed by atoms with Crippen molar-refractivity contribution >= 4 is 38.6 Å². The molecule has 1 aromatic heterocycles. The van der Waals surface area contributed by atoms with E-state index in [0.717, 1.165) is 10.4 Å². The third kappa shape index (κ3) is 2.73. The van der Waals surface area contributed by atoms with Crippen LogP contribution in [0.3, 0.4) is 0 Å². The first-order chi connectivity index (χ1) is 7.80. The molecule has 1 aromatic rings. The fourth-order valence-electron chi connectivity index (χ4n) is 0.928. The summed E-state index contributed by atoms with van der Waals surface area (Å²) >= 11 is 6.15. The van der Waals surface area contributed by atoms with Crippen LogP contribution in [0.4, 0.5) is 5.69 Å². The first kappa shape index (κ1) is 13.9. The Labute approximate surface area is 106 Å². The lowest BCUT2D eigenvalue weighted by Crippen LogP contribution is -2.26. The standard InChI is InChI=1S/C7H6ClN3O4S2/c1-10(3-2-9)17(14,15)6-4-5(11(12)13)7(8)16-6/h4H,3H2,1H3. The van der Waals surface area contributed by atoms with Gasteiger partial charge in [0.2, 0.25) is 0 Å². The van der Waals surface area contributed by atoms with E-state index >= 15 is 0 Å². The van der Waals surface area contributed by atoms with E-state index in [1.807, 2.05) is 0 Å². The van der Waals surface area contributed by atoms with E-state index in [-0.39, 0.29) is 15.1 Å². The highest BCUT2D eigenvalue weighted by Gasteiger charge is 2.28. The average molecular weight is 296 g/mol. The Morgan fingerprint density at radius 3 is 2.71 bits per heavy atom. The number of hydrogen-bond donors (Lipinski definition) is 0. The summed E-state index contributed by atoms with van der Waals surface area (Å²) in [7, 11) is -2.69. The number of halogens is 1. The molecule has 0 aliphatic carbocycles. The van der Waals surface area contributed by atoms with Crippen LogP contribution in [0.25, 0.3) is 0 Å². The Balaban J connectivity index is 3.22. The number of nitriles is 1. The first-order valence-corrected chi connectivity index (χ1v) is 6.71. The highest BCUT2D eigenvalue weighted by molar-refractivity contribution is 7.91. The minimum atomic E-state index is -3.90. The molecule has 0 spiro atoms. The van der Waals surface area contributed by atoms with Gasteiger partial charge in [0.15, 0.2) is 4.34 Å². The lowest BCUT2D eigenvalue weighted by atomic mass is 10.6. The third-order valence-corrected chi connectivity index (χ3v) is 5.39. The van der Waals surface area contributed by atoms with Crippen molar-refractivity contribution in [3.8, 4) is 6.07 Å². The molecule has 0 unspecified atom stereocenters. The molecule has 0 aliphatic heterocycles. The number of nitro groups is 1. The van der Waals surface area contributed by atoms with Crippen molar-refractivity contribution in [3.05, 3.63) is 20.5 Å². The van der Waals surface area contributed by atoms with Crippen molar-refractivity contribution in [1.29, 1.82) is 5.26 Å².